The zero-order chi connectivity index (χ0) is 17.6. The zero-order valence-corrected chi connectivity index (χ0v) is 14.9. The van der Waals surface area contributed by atoms with E-state index in [2.05, 4.69) is 4.98 Å². The fraction of sp³-hybridized carbons (Fsp3) is 0.316. The van der Waals surface area contributed by atoms with Crippen LogP contribution in [0.15, 0.2) is 48.8 Å². The molecule has 1 amide bonds. The molecule has 2 aromatic rings. The fourth-order valence-electron chi connectivity index (χ4n) is 2.66. The summed E-state index contributed by atoms with van der Waals surface area (Å²) in [6.07, 6.45) is 4.37. The molecule has 1 aromatic heterocycles. The molecule has 1 aliphatic heterocycles. The van der Waals surface area contributed by atoms with Crippen LogP contribution in [0, 0.1) is 0 Å². The molecule has 5 nitrogen and oxygen atoms in total. The number of carbonyl (C=O) groups is 2. The molecular weight excluding hydrogens is 336 g/mol. The van der Waals surface area contributed by atoms with E-state index in [-0.39, 0.29) is 17.3 Å². The highest BCUT2D eigenvalue weighted by Crippen LogP contribution is 2.38. The van der Waals surface area contributed by atoms with Crippen molar-refractivity contribution in [2.45, 2.75) is 31.7 Å². The highest BCUT2D eigenvalue weighted by atomic mass is 32.2. The first-order valence-corrected chi connectivity index (χ1v) is 9.33. The number of hydrogen-bond acceptors (Lipinski definition) is 5. The summed E-state index contributed by atoms with van der Waals surface area (Å²) in [6, 6.07) is 11.3. The van der Waals surface area contributed by atoms with Gasteiger partial charge in [0.2, 0.25) is 5.91 Å². The van der Waals surface area contributed by atoms with E-state index in [1.165, 1.54) is 0 Å². The van der Waals surface area contributed by atoms with Gasteiger partial charge in [-0.15, -0.1) is 11.8 Å². The first-order valence-electron chi connectivity index (χ1n) is 8.28. The number of ether oxygens (including phenoxy) is 1. The Morgan fingerprint density at radius 2 is 1.96 bits per heavy atom. The molecule has 1 atom stereocenters. The van der Waals surface area contributed by atoms with Gasteiger partial charge in [-0.1, -0.05) is 19.1 Å². The second-order valence-electron chi connectivity index (χ2n) is 5.75. The number of rotatable bonds is 5. The lowest BCUT2D eigenvalue weighted by molar-refractivity contribution is -0.134. The monoisotopic (exact) mass is 356 g/mol. The predicted octanol–water partition coefficient (Wildman–Crippen LogP) is 3.56. The summed E-state index contributed by atoms with van der Waals surface area (Å²) in [5, 5.41) is -0.0367. The Labute approximate surface area is 151 Å². The molecule has 0 aliphatic carbocycles. The number of amides is 1. The van der Waals surface area contributed by atoms with Gasteiger partial charge in [-0.25, -0.2) is 0 Å². The molecule has 0 bridgehead atoms. The summed E-state index contributed by atoms with van der Waals surface area (Å²) in [4.78, 5) is 29.8. The van der Waals surface area contributed by atoms with E-state index >= 15 is 0 Å². The van der Waals surface area contributed by atoms with Crippen molar-refractivity contribution in [2.75, 3.05) is 5.75 Å². The standard InChI is InChI=1S/C19H20N2O3S/c1-2-18(23)24-16-5-3-15(4-6-16)19-21(17(22)9-12-25-19)13-14-7-10-20-11-8-14/h3-8,10-11,19H,2,9,12-13H2,1H3. The van der Waals surface area contributed by atoms with Crippen molar-refractivity contribution in [3.8, 4) is 5.75 Å². The van der Waals surface area contributed by atoms with Gasteiger partial charge in [-0.05, 0) is 35.4 Å². The van der Waals surface area contributed by atoms with E-state index in [9.17, 15) is 9.59 Å². The number of pyridine rings is 1. The number of carbonyl (C=O) groups excluding carboxylic acids is 2. The number of esters is 1. The van der Waals surface area contributed by atoms with Crippen LogP contribution in [-0.4, -0.2) is 27.5 Å². The Bertz CT molecular complexity index is 734. The minimum Gasteiger partial charge on any atom is -0.427 e. The number of aromatic nitrogens is 1. The molecule has 2 heterocycles. The maximum atomic E-state index is 12.5. The smallest absolute Gasteiger partial charge is 0.310 e. The largest absolute Gasteiger partial charge is 0.427 e. The Morgan fingerprint density at radius 1 is 1.24 bits per heavy atom. The van der Waals surface area contributed by atoms with Gasteiger partial charge in [0.25, 0.3) is 0 Å². The van der Waals surface area contributed by atoms with E-state index in [0.29, 0.717) is 25.1 Å². The Morgan fingerprint density at radius 3 is 2.64 bits per heavy atom. The molecule has 0 spiro atoms. The molecule has 1 unspecified atom stereocenters. The molecule has 1 fully saturated rings. The molecule has 3 rings (SSSR count). The van der Waals surface area contributed by atoms with Crippen LogP contribution < -0.4 is 4.74 Å². The van der Waals surface area contributed by atoms with Crippen molar-refractivity contribution in [2.24, 2.45) is 0 Å². The van der Waals surface area contributed by atoms with Gasteiger partial charge >= 0.3 is 5.97 Å². The molecule has 130 valence electrons. The van der Waals surface area contributed by atoms with E-state index in [1.54, 1.807) is 43.2 Å². The van der Waals surface area contributed by atoms with Crippen molar-refractivity contribution in [3.05, 3.63) is 59.9 Å². The highest BCUT2D eigenvalue weighted by Gasteiger charge is 2.29. The average Bonchev–Trinajstić information content (AvgIpc) is 2.65. The topological polar surface area (TPSA) is 59.5 Å². The maximum absolute atomic E-state index is 12.5. The fourth-order valence-corrected chi connectivity index (χ4v) is 3.90. The minimum absolute atomic E-state index is 0.0367. The Hall–Kier alpha value is -2.34. The van der Waals surface area contributed by atoms with Gasteiger partial charge in [0.05, 0.1) is 0 Å². The van der Waals surface area contributed by atoms with Crippen LogP contribution in [0.25, 0.3) is 0 Å². The summed E-state index contributed by atoms with van der Waals surface area (Å²) in [6.45, 7) is 2.32. The minimum atomic E-state index is -0.255. The van der Waals surface area contributed by atoms with Crippen molar-refractivity contribution in [1.29, 1.82) is 0 Å². The van der Waals surface area contributed by atoms with Crippen molar-refractivity contribution >= 4 is 23.6 Å². The number of hydrogen-bond donors (Lipinski definition) is 0. The molecule has 1 aliphatic rings. The first-order chi connectivity index (χ1) is 12.2. The highest BCUT2D eigenvalue weighted by molar-refractivity contribution is 7.99. The molecule has 6 heteroatoms. The summed E-state index contributed by atoms with van der Waals surface area (Å²) < 4.78 is 5.22. The van der Waals surface area contributed by atoms with E-state index in [4.69, 9.17) is 4.74 Å². The summed E-state index contributed by atoms with van der Waals surface area (Å²) in [7, 11) is 0. The van der Waals surface area contributed by atoms with Crippen LogP contribution in [0.2, 0.25) is 0 Å². The summed E-state index contributed by atoms with van der Waals surface area (Å²) >= 11 is 1.75. The second kappa shape index (κ2) is 8.16. The van der Waals surface area contributed by atoms with Crippen molar-refractivity contribution < 1.29 is 14.3 Å². The molecule has 0 N–H and O–H groups in total. The van der Waals surface area contributed by atoms with Gasteiger partial charge in [0, 0.05) is 37.5 Å². The third-order valence-electron chi connectivity index (χ3n) is 3.98. The molecule has 0 saturated carbocycles. The quantitative estimate of drug-likeness (QED) is 0.605. The summed E-state index contributed by atoms with van der Waals surface area (Å²) in [5.41, 5.74) is 2.09. The van der Waals surface area contributed by atoms with Crippen LogP contribution in [0.3, 0.4) is 0 Å². The maximum Gasteiger partial charge on any atom is 0.310 e. The first kappa shape index (κ1) is 17.5. The van der Waals surface area contributed by atoms with Gasteiger partial charge in [0.1, 0.15) is 11.1 Å². The van der Waals surface area contributed by atoms with E-state index in [0.717, 1.165) is 16.9 Å². The van der Waals surface area contributed by atoms with Crippen LogP contribution >= 0.6 is 11.8 Å². The number of nitrogens with zero attached hydrogens (tertiary/aromatic N) is 2. The Balaban J connectivity index is 1.78. The van der Waals surface area contributed by atoms with Crippen LogP contribution in [0.1, 0.15) is 36.3 Å². The van der Waals surface area contributed by atoms with Gasteiger partial charge < -0.3 is 9.64 Å². The molecular formula is C19H20N2O3S. The molecule has 25 heavy (non-hydrogen) atoms. The van der Waals surface area contributed by atoms with E-state index in [1.807, 2.05) is 29.2 Å². The van der Waals surface area contributed by atoms with E-state index < -0.39 is 0 Å². The SMILES string of the molecule is CCC(=O)Oc1ccc(C2SCCC(=O)N2Cc2ccncc2)cc1. The predicted molar refractivity (Wildman–Crippen MR) is 97.0 cm³/mol. The summed E-state index contributed by atoms with van der Waals surface area (Å²) in [5.74, 6) is 1.24. The Kier molecular flexibility index (Phi) is 5.71. The average molecular weight is 356 g/mol. The molecule has 1 saturated heterocycles. The molecule has 1 aromatic carbocycles. The lowest BCUT2D eigenvalue weighted by Gasteiger charge is -2.35. The second-order valence-corrected chi connectivity index (χ2v) is 6.94. The third-order valence-corrected chi connectivity index (χ3v) is 5.27. The number of benzene rings is 1. The number of thioether (sulfide) groups is 1. The third kappa shape index (κ3) is 4.39. The lowest BCUT2D eigenvalue weighted by atomic mass is 10.1. The van der Waals surface area contributed by atoms with Crippen molar-refractivity contribution in [3.63, 3.8) is 0 Å². The van der Waals surface area contributed by atoms with Crippen molar-refractivity contribution in [1.82, 2.24) is 9.88 Å². The van der Waals surface area contributed by atoms with Gasteiger partial charge in [-0.3, -0.25) is 14.6 Å². The normalized spacial score (nSPS) is 17.4. The van der Waals surface area contributed by atoms with Crippen LogP contribution in [0.4, 0.5) is 0 Å². The van der Waals surface area contributed by atoms with Gasteiger partial charge in [-0.2, -0.15) is 0 Å². The van der Waals surface area contributed by atoms with Gasteiger partial charge in [0.15, 0.2) is 0 Å². The molecule has 0 radical (unpaired) electrons. The van der Waals surface area contributed by atoms with Crippen LogP contribution in [0.5, 0.6) is 5.75 Å². The van der Waals surface area contributed by atoms with Crippen LogP contribution in [-0.2, 0) is 16.1 Å². The lowest BCUT2D eigenvalue weighted by Crippen LogP contribution is -2.36. The zero-order valence-electron chi connectivity index (χ0n) is 14.1.